The number of rotatable bonds is 0. The third-order valence-corrected chi connectivity index (χ3v) is 3.53. The third-order valence-electron chi connectivity index (χ3n) is 3.28. The minimum Gasteiger partial charge on any atom is -0.298 e. The number of para-hydroxylation sites is 1. The Kier molecular flexibility index (Phi) is 3.13. The van der Waals surface area contributed by atoms with Crippen molar-refractivity contribution in [3.05, 3.63) is 65.2 Å². The zero-order valence-electron chi connectivity index (χ0n) is 10.3. The smallest absolute Gasteiger partial charge is 0.283 e. The Bertz CT molecular complexity index is 663. The first-order valence-electron chi connectivity index (χ1n) is 6.11. The van der Waals surface area contributed by atoms with Gasteiger partial charge < -0.3 is 0 Å². The van der Waals surface area contributed by atoms with Crippen molar-refractivity contribution in [2.45, 2.75) is 6.54 Å². The summed E-state index contributed by atoms with van der Waals surface area (Å²) < 4.78 is 0. The molecule has 0 fully saturated rings. The summed E-state index contributed by atoms with van der Waals surface area (Å²) in [7, 11) is 0. The van der Waals surface area contributed by atoms with E-state index in [1.54, 1.807) is 4.90 Å². The van der Waals surface area contributed by atoms with E-state index in [9.17, 15) is 4.79 Å². The molecule has 1 heterocycles. The topological polar surface area (TPSA) is 20.3 Å². The van der Waals surface area contributed by atoms with E-state index < -0.39 is 0 Å². The van der Waals surface area contributed by atoms with Crippen LogP contribution in [-0.2, 0) is 6.54 Å². The summed E-state index contributed by atoms with van der Waals surface area (Å²) in [6, 6.07) is 15.9. The lowest BCUT2D eigenvalue weighted by Gasteiger charge is -2.25. The molecule has 19 heavy (non-hydrogen) atoms. The standard InChI is InChI=1S/C16H13NOS/c18-16(19)17-11-14-7-2-1-5-12(14)9-10-13-6-3-4-8-15(13)17/h1-10H,11H2,(H,18,19)/b10-9-. The molecule has 0 bridgehead atoms. The molecule has 1 aliphatic rings. The van der Waals surface area contributed by atoms with Gasteiger partial charge in [0.25, 0.3) is 5.24 Å². The lowest BCUT2D eigenvalue weighted by atomic mass is 10.0. The van der Waals surface area contributed by atoms with Crippen LogP contribution in [0.25, 0.3) is 12.2 Å². The van der Waals surface area contributed by atoms with Crippen molar-refractivity contribution in [2.24, 2.45) is 0 Å². The van der Waals surface area contributed by atoms with Gasteiger partial charge in [-0.2, -0.15) is 0 Å². The van der Waals surface area contributed by atoms with Gasteiger partial charge in [0.15, 0.2) is 0 Å². The van der Waals surface area contributed by atoms with Crippen LogP contribution in [-0.4, -0.2) is 5.24 Å². The van der Waals surface area contributed by atoms with Crippen LogP contribution in [0.1, 0.15) is 16.7 Å². The highest BCUT2D eigenvalue weighted by Gasteiger charge is 2.18. The molecule has 0 saturated heterocycles. The van der Waals surface area contributed by atoms with Crippen LogP contribution in [0.3, 0.4) is 0 Å². The second-order valence-electron chi connectivity index (χ2n) is 4.46. The zero-order chi connectivity index (χ0) is 13.2. The van der Waals surface area contributed by atoms with Crippen molar-refractivity contribution in [1.29, 1.82) is 0 Å². The van der Waals surface area contributed by atoms with Crippen molar-refractivity contribution < 1.29 is 4.79 Å². The highest BCUT2D eigenvalue weighted by Crippen LogP contribution is 2.29. The maximum atomic E-state index is 11.8. The van der Waals surface area contributed by atoms with Gasteiger partial charge in [-0.1, -0.05) is 67.2 Å². The number of nitrogens with zero attached hydrogens (tertiary/aromatic N) is 1. The average Bonchev–Trinajstić information content (AvgIpc) is 2.41. The molecule has 0 N–H and O–H groups in total. The van der Waals surface area contributed by atoms with Gasteiger partial charge in [-0.05, 0) is 22.8 Å². The first kappa shape index (κ1) is 12.1. The Morgan fingerprint density at radius 3 is 2.37 bits per heavy atom. The van der Waals surface area contributed by atoms with E-state index >= 15 is 0 Å². The van der Waals surface area contributed by atoms with E-state index in [0.717, 1.165) is 22.4 Å². The van der Waals surface area contributed by atoms with Gasteiger partial charge in [-0.15, -0.1) is 0 Å². The molecule has 0 unspecified atom stereocenters. The third kappa shape index (κ3) is 2.29. The van der Waals surface area contributed by atoms with Gasteiger partial charge in [0, 0.05) is 0 Å². The molecular formula is C16H13NOS. The number of anilines is 1. The van der Waals surface area contributed by atoms with Crippen LogP contribution in [0.15, 0.2) is 48.5 Å². The molecule has 0 spiro atoms. The predicted molar refractivity (Wildman–Crippen MR) is 82.4 cm³/mol. The molecule has 0 aliphatic carbocycles. The van der Waals surface area contributed by atoms with Crippen molar-refractivity contribution in [3.8, 4) is 0 Å². The SMILES string of the molecule is O=C(S)N1Cc2ccccc2/C=C\c2ccccc21. The summed E-state index contributed by atoms with van der Waals surface area (Å²) >= 11 is 4.00. The number of fused-ring (bicyclic) bond motifs is 2. The maximum Gasteiger partial charge on any atom is 0.283 e. The summed E-state index contributed by atoms with van der Waals surface area (Å²) in [4.78, 5) is 13.5. The van der Waals surface area contributed by atoms with Crippen LogP contribution in [0.4, 0.5) is 10.5 Å². The van der Waals surface area contributed by atoms with Crippen molar-refractivity contribution in [1.82, 2.24) is 0 Å². The van der Waals surface area contributed by atoms with Crippen LogP contribution < -0.4 is 4.90 Å². The fraction of sp³-hybridized carbons (Fsp3) is 0.0625. The van der Waals surface area contributed by atoms with Gasteiger partial charge in [0.2, 0.25) is 0 Å². The quantitative estimate of drug-likeness (QED) is 0.708. The fourth-order valence-corrected chi connectivity index (χ4v) is 2.50. The number of hydrogen-bond acceptors (Lipinski definition) is 1. The monoisotopic (exact) mass is 267 g/mol. The zero-order valence-corrected chi connectivity index (χ0v) is 11.2. The molecular weight excluding hydrogens is 254 g/mol. The van der Waals surface area contributed by atoms with E-state index in [4.69, 9.17) is 0 Å². The second kappa shape index (κ2) is 4.94. The summed E-state index contributed by atoms with van der Waals surface area (Å²) in [6.45, 7) is 0.542. The predicted octanol–water partition coefficient (Wildman–Crippen LogP) is 4.23. The van der Waals surface area contributed by atoms with Gasteiger partial charge in [-0.25, -0.2) is 0 Å². The van der Waals surface area contributed by atoms with Crippen molar-refractivity contribution in [3.63, 3.8) is 0 Å². The first-order chi connectivity index (χ1) is 9.25. The van der Waals surface area contributed by atoms with Gasteiger partial charge >= 0.3 is 0 Å². The normalized spacial score (nSPS) is 14.9. The molecule has 94 valence electrons. The minimum absolute atomic E-state index is 0.238. The van der Waals surface area contributed by atoms with E-state index in [-0.39, 0.29) is 5.24 Å². The Morgan fingerprint density at radius 1 is 0.947 bits per heavy atom. The lowest BCUT2D eigenvalue weighted by molar-refractivity contribution is 0.265. The van der Waals surface area contributed by atoms with Gasteiger partial charge in [0.05, 0.1) is 12.2 Å². The summed E-state index contributed by atoms with van der Waals surface area (Å²) in [5, 5.41) is -0.238. The molecule has 0 aromatic heterocycles. The van der Waals surface area contributed by atoms with Crippen LogP contribution in [0.5, 0.6) is 0 Å². The molecule has 2 nitrogen and oxygen atoms in total. The molecule has 2 aromatic carbocycles. The van der Waals surface area contributed by atoms with E-state index in [0.29, 0.717) is 6.54 Å². The fourth-order valence-electron chi connectivity index (χ4n) is 2.32. The first-order valence-corrected chi connectivity index (χ1v) is 6.56. The second-order valence-corrected chi connectivity index (χ2v) is 4.84. The van der Waals surface area contributed by atoms with Crippen LogP contribution in [0, 0.1) is 0 Å². The Labute approximate surface area is 117 Å². The number of thiol groups is 1. The summed E-state index contributed by atoms with van der Waals surface area (Å²) in [5.74, 6) is 0. The van der Waals surface area contributed by atoms with E-state index in [1.165, 1.54) is 0 Å². The molecule has 3 rings (SSSR count). The lowest BCUT2D eigenvalue weighted by Crippen LogP contribution is -2.26. The van der Waals surface area contributed by atoms with Crippen molar-refractivity contribution >= 4 is 35.7 Å². The largest absolute Gasteiger partial charge is 0.298 e. The number of hydrogen-bond donors (Lipinski definition) is 1. The molecule has 0 radical (unpaired) electrons. The van der Waals surface area contributed by atoms with Gasteiger partial charge in [-0.3, -0.25) is 9.69 Å². The molecule has 2 aromatic rings. The Hall–Kier alpha value is -2.00. The van der Waals surface area contributed by atoms with Gasteiger partial charge in [0.1, 0.15) is 0 Å². The Morgan fingerprint density at radius 2 is 1.58 bits per heavy atom. The molecule has 3 heteroatoms. The Balaban J connectivity index is 2.19. The highest BCUT2D eigenvalue weighted by atomic mass is 32.1. The molecule has 1 aliphatic heterocycles. The number of benzene rings is 2. The number of carbonyl (C=O) groups is 1. The van der Waals surface area contributed by atoms with E-state index in [2.05, 4.69) is 24.8 Å². The minimum atomic E-state index is -0.238. The maximum absolute atomic E-state index is 11.8. The van der Waals surface area contributed by atoms with Crippen LogP contribution in [0.2, 0.25) is 0 Å². The van der Waals surface area contributed by atoms with Crippen molar-refractivity contribution in [2.75, 3.05) is 4.90 Å². The summed E-state index contributed by atoms with van der Waals surface area (Å²) in [6.07, 6.45) is 4.13. The number of carbonyl (C=O) groups excluding carboxylic acids is 1. The highest BCUT2D eigenvalue weighted by molar-refractivity contribution is 7.96. The van der Waals surface area contributed by atoms with E-state index in [1.807, 2.05) is 48.5 Å². The molecule has 1 amide bonds. The summed E-state index contributed by atoms with van der Waals surface area (Å²) in [5.41, 5.74) is 4.18. The average molecular weight is 267 g/mol. The molecule has 0 atom stereocenters. The van der Waals surface area contributed by atoms with Crippen LogP contribution >= 0.6 is 12.6 Å². The number of amides is 1. The molecule has 0 saturated carbocycles.